The van der Waals surface area contributed by atoms with E-state index in [-0.39, 0.29) is 11.4 Å². The summed E-state index contributed by atoms with van der Waals surface area (Å²) in [4.78, 5) is 23.6. The third kappa shape index (κ3) is 1.64. The van der Waals surface area contributed by atoms with Crippen LogP contribution in [0.3, 0.4) is 0 Å². The van der Waals surface area contributed by atoms with Crippen molar-refractivity contribution in [3.8, 4) is 5.69 Å². The van der Waals surface area contributed by atoms with Crippen molar-refractivity contribution in [1.29, 1.82) is 0 Å². The molecule has 0 aliphatic carbocycles. The largest absolute Gasteiger partial charge is 0.330 e. The molecule has 0 atom stereocenters. The van der Waals surface area contributed by atoms with Crippen LogP contribution in [0.15, 0.2) is 41.5 Å². The van der Waals surface area contributed by atoms with Gasteiger partial charge in [-0.05, 0) is 12.1 Å². The van der Waals surface area contributed by atoms with Gasteiger partial charge in [0.25, 0.3) is 5.69 Å². The van der Waals surface area contributed by atoms with E-state index in [1.165, 1.54) is 35.0 Å². The van der Waals surface area contributed by atoms with Crippen LogP contribution in [0.5, 0.6) is 0 Å². The number of nitro benzene ring substituents is 1. The second-order valence-corrected chi connectivity index (χ2v) is 2.91. The minimum absolute atomic E-state index is 0.00216. The molecule has 1 N–H and O–H groups in total. The Labute approximate surface area is 83.9 Å². The minimum Gasteiger partial charge on any atom is -0.312 e. The standard InChI is InChI=1S/C9H7N3O3/c13-9-10-5-6-11(9)7-1-3-8(4-2-7)12(14)15/h1-6H,(H,10,13). The van der Waals surface area contributed by atoms with Crippen molar-refractivity contribution in [2.24, 2.45) is 0 Å². The average Bonchev–Trinajstić information content (AvgIpc) is 2.65. The summed E-state index contributed by atoms with van der Waals surface area (Å²) in [6.07, 6.45) is 3.06. The Hall–Kier alpha value is -2.37. The number of H-pyrrole nitrogens is 1. The highest BCUT2D eigenvalue weighted by Crippen LogP contribution is 2.13. The van der Waals surface area contributed by atoms with Gasteiger partial charge in [0, 0.05) is 24.5 Å². The fourth-order valence-corrected chi connectivity index (χ4v) is 1.26. The van der Waals surface area contributed by atoms with Gasteiger partial charge in [-0.15, -0.1) is 0 Å². The lowest BCUT2D eigenvalue weighted by molar-refractivity contribution is -0.384. The summed E-state index contributed by atoms with van der Waals surface area (Å²) in [7, 11) is 0. The molecule has 6 nitrogen and oxygen atoms in total. The highest BCUT2D eigenvalue weighted by molar-refractivity contribution is 5.40. The number of nitro groups is 1. The minimum atomic E-state index is -0.482. The molecule has 76 valence electrons. The number of imidazole rings is 1. The topological polar surface area (TPSA) is 80.9 Å². The van der Waals surface area contributed by atoms with E-state index < -0.39 is 4.92 Å². The third-order valence-corrected chi connectivity index (χ3v) is 1.99. The summed E-state index contributed by atoms with van der Waals surface area (Å²) in [5, 5.41) is 10.4. The number of hydrogen-bond donors (Lipinski definition) is 1. The Balaban J connectivity index is 2.44. The Morgan fingerprint density at radius 2 is 1.93 bits per heavy atom. The van der Waals surface area contributed by atoms with Crippen LogP contribution in [0.1, 0.15) is 0 Å². The van der Waals surface area contributed by atoms with Gasteiger partial charge in [-0.2, -0.15) is 0 Å². The van der Waals surface area contributed by atoms with Gasteiger partial charge < -0.3 is 4.98 Å². The molecule has 0 radical (unpaired) electrons. The molecule has 15 heavy (non-hydrogen) atoms. The molecule has 0 aliphatic heterocycles. The quantitative estimate of drug-likeness (QED) is 0.588. The second-order valence-electron chi connectivity index (χ2n) is 2.91. The molecule has 1 aromatic heterocycles. The molecular weight excluding hydrogens is 198 g/mol. The highest BCUT2D eigenvalue weighted by Gasteiger charge is 2.05. The predicted octanol–water partition coefficient (Wildman–Crippen LogP) is 1.07. The lowest BCUT2D eigenvalue weighted by atomic mass is 10.3. The van der Waals surface area contributed by atoms with E-state index in [4.69, 9.17) is 0 Å². The first kappa shape index (κ1) is 9.20. The number of rotatable bonds is 2. The number of nitrogens with zero attached hydrogens (tertiary/aromatic N) is 2. The van der Waals surface area contributed by atoms with Crippen molar-refractivity contribution in [2.75, 3.05) is 0 Å². The maximum absolute atomic E-state index is 11.2. The molecule has 0 spiro atoms. The van der Waals surface area contributed by atoms with E-state index in [2.05, 4.69) is 4.98 Å². The van der Waals surface area contributed by atoms with Crippen molar-refractivity contribution in [3.05, 3.63) is 57.3 Å². The SMILES string of the molecule is O=c1[nH]ccn1-c1ccc([N+](=O)[O-])cc1. The van der Waals surface area contributed by atoms with Gasteiger partial charge in [-0.3, -0.25) is 14.7 Å². The fraction of sp³-hybridized carbons (Fsp3) is 0. The molecule has 2 rings (SSSR count). The molecule has 1 aromatic carbocycles. The lowest BCUT2D eigenvalue weighted by Crippen LogP contribution is -2.13. The summed E-state index contributed by atoms with van der Waals surface area (Å²) in [5.74, 6) is 0. The van der Waals surface area contributed by atoms with E-state index >= 15 is 0 Å². The smallest absolute Gasteiger partial charge is 0.312 e. The first-order valence-corrected chi connectivity index (χ1v) is 4.19. The number of nitrogens with one attached hydrogen (secondary N) is 1. The fourth-order valence-electron chi connectivity index (χ4n) is 1.26. The van der Waals surface area contributed by atoms with Crippen LogP contribution in [0.2, 0.25) is 0 Å². The van der Waals surface area contributed by atoms with Crippen molar-refractivity contribution in [1.82, 2.24) is 9.55 Å². The van der Waals surface area contributed by atoms with Crippen LogP contribution in [0.25, 0.3) is 5.69 Å². The average molecular weight is 205 g/mol. The summed E-state index contributed by atoms with van der Waals surface area (Å²) >= 11 is 0. The summed E-state index contributed by atoms with van der Waals surface area (Å²) < 4.78 is 1.36. The normalized spacial score (nSPS) is 10.1. The zero-order valence-electron chi connectivity index (χ0n) is 7.58. The molecule has 2 aromatic rings. The maximum atomic E-state index is 11.2. The predicted molar refractivity (Wildman–Crippen MR) is 53.0 cm³/mol. The van der Waals surface area contributed by atoms with Gasteiger partial charge in [-0.25, -0.2) is 4.79 Å². The number of non-ortho nitro benzene ring substituents is 1. The molecule has 0 saturated heterocycles. The number of benzene rings is 1. The van der Waals surface area contributed by atoms with Gasteiger partial charge >= 0.3 is 5.69 Å². The highest BCUT2D eigenvalue weighted by atomic mass is 16.6. The van der Waals surface area contributed by atoms with Crippen molar-refractivity contribution >= 4 is 5.69 Å². The van der Waals surface area contributed by atoms with Crippen LogP contribution in [-0.2, 0) is 0 Å². The number of aromatic amines is 1. The van der Waals surface area contributed by atoms with Crippen LogP contribution in [0, 0.1) is 10.1 Å². The van der Waals surface area contributed by atoms with Crippen molar-refractivity contribution in [2.45, 2.75) is 0 Å². The Bertz CT molecular complexity index is 538. The first-order chi connectivity index (χ1) is 7.18. The van der Waals surface area contributed by atoms with E-state index in [0.717, 1.165) is 0 Å². The molecule has 0 saturated carbocycles. The van der Waals surface area contributed by atoms with Gasteiger partial charge in [0.05, 0.1) is 10.6 Å². The van der Waals surface area contributed by atoms with E-state index in [9.17, 15) is 14.9 Å². The van der Waals surface area contributed by atoms with E-state index in [1.807, 2.05) is 0 Å². The zero-order valence-corrected chi connectivity index (χ0v) is 7.58. The van der Waals surface area contributed by atoms with Crippen molar-refractivity contribution < 1.29 is 4.92 Å². The Morgan fingerprint density at radius 1 is 1.27 bits per heavy atom. The zero-order chi connectivity index (χ0) is 10.8. The van der Waals surface area contributed by atoms with Crippen molar-refractivity contribution in [3.63, 3.8) is 0 Å². The Kier molecular flexibility index (Phi) is 2.09. The summed E-state index contributed by atoms with van der Waals surface area (Å²) in [5.41, 5.74) is 0.318. The molecule has 6 heteroatoms. The molecule has 0 aliphatic rings. The van der Waals surface area contributed by atoms with Gasteiger partial charge in [0.15, 0.2) is 0 Å². The number of aromatic nitrogens is 2. The molecule has 0 unspecified atom stereocenters. The van der Waals surface area contributed by atoms with Crippen LogP contribution >= 0.6 is 0 Å². The van der Waals surface area contributed by atoms with E-state index in [1.54, 1.807) is 6.20 Å². The molecule has 1 heterocycles. The van der Waals surface area contributed by atoms with Crippen LogP contribution < -0.4 is 5.69 Å². The number of hydrogen-bond acceptors (Lipinski definition) is 3. The molecule has 0 bridgehead atoms. The Morgan fingerprint density at radius 3 is 2.40 bits per heavy atom. The summed E-state index contributed by atoms with van der Waals surface area (Å²) in [6.45, 7) is 0. The van der Waals surface area contributed by atoms with Crippen LogP contribution in [-0.4, -0.2) is 14.5 Å². The molecular formula is C9H7N3O3. The molecule has 0 amide bonds. The monoisotopic (exact) mass is 205 g/mol. The summed E-state index contributed by atoms with van der Waals surface area (Å²) in [6, 6.07) is 5.75. The third-order valence-electron chi connectivity index (χ3n) is 1.99. The maximum Gasteiger partial charge on any atom is 0.330 e. The first-order valence-electron chi connectivity index (χ1n) is 4.19. The molecule has 0 fully saturated rings. The van der Waals surface area contributed by atoms with E-state index in [0.29, 0.717) is 5.69 Å². The van der Waals surface area contributed by atoms with Gasteiger partial charge in [-0.1, -0.05) is 0 Å². The van der Waals surface area contributed by atoms with Gasteiger partial charge in [0.2, 0.25) is 0 Å². The lowest BCUT2D eigenvalue weighted by Gasteiger charge is -1.99. The van der Waals surface area contributed by atoms with Gasteiger partial charge in [0.1, 0.15) is 0 Å². The second kappa shape index (κ2) is 3.41. The van der Waals surface area contributed by atoms with Crippen LogP contribution in [0.4, 0.5) is 5.69 Å².